The van der Waals surface area contributed by atoms with Crippen LogP contribution in [0.2, 0.25) is 0 Å². The molecule has 1 atom stereocenters. The van der Waals surface area contributed by atoms with Crippen LogP contribution in [0.15, 0.2) is 35.6 Å². The Hall–Kier alpha value is -4.44. The summed E-state index contributed by atoms with van der Waals surface area (Å²) in [6.07, 6.45) is -5.92. The Balaban J connectivity index is 1.41. The van der Waals surface area contributed by atoms with Crippen molar-refractivity contribution in [3.8, 4) is 5.75 Å². The summed E-state index contributed by atoms with van der Waals surface area (Å²) in [5.41, 5.74) is -3.81. The van der Waals surface area contributed by atoms with E-state index in [2.05, 4.69) is 25.4 Å². The van der Waals surface area contributed by atoms with Crippen LogP contribution in [0, 0.1) is 6.92 Å². The summed E-state index contributed by atoms with van der Waals surface area (Å²) in [5.74, 6) is 0.182. The highest BCUT2D eigenvalue weighted by Crippen LogP contribution is 2.32. The van der Waals surface area contributed by atoms with Gasteiger partial charge in [-0.15, -0.1) is 0 Å². The Morgan fingerprint density at radius 3 is 2.38 bits per heavy atom. The number of carbonyl (C=O) groups is 1. The van der Waals surface area contributed by atoms with Gasteiger partial charge < -0.3 is 15.0 Å². The van der Waals surface area contributed by atoms with Gasteiger partial charge in [0, 0.05) is 37.2 Å². The zero-order valence-corrected chi connectivity index (χ0v) is 21.0. The van der Waals surface area contributed by atoms with Gasteiger partial charge in [-0.05, 0) is 19.9 Å². The van der Waals surface area contributed by atoms with Crippen LogP contribution in [-0.2, 0) is 17.1 Å². The Morgan fingerprint density at radius 1 is 1.05 bits per heavy atom. The maximum absolute atomic E-state index is 13.3. The van der Waals surface area contributed by atoms with E-state index in [1.807, 2.05) is 0 Å². The average molecular weight is 572 g/mol. The van der Waals surface area contributed by atoms with Gasteiger partial charge in [-0.25, -0.2) is 20.1 Å². The third kappa shape index (κ3) is 6.23. The van der Waals surface area contributed by atoms with E-state index >= 15 is 0 Å². The van der Waals surface area contributed by atoms with E-state index in [1.54, 1.807) is 18.9 Å². The number of H-pyrrole nitrogens is 1. The minimum atomic E-state index is -4.90. The lowest BCUT2D eigenvalue weighted by Crippen LogP contribution is -2.51. The van der Waals surface area contributed by atoms with Crippen molar-refractivity contribution in [1.29, 1.82) is 0 Å². The van der Waals surface area contributed by atoms with Crippen molar-refractivity contribution in [2.24, 2.45) is 0 Å². The van der Waals surface area contributed by atoms with Gasteiger partial charge in [-0.1, -0.05) is 0 Å². The number of hydrogen-bond donors (Lipinski definition) is 2. The Kier molecular flexibility index (Phi) is 7.84. The molecule has 40 heavy (non-hydrogen) atoms. The number of ether oxygens (including phenoxy) is 1. The summed E-state index contributed by atoms with van der Waals surface area (Å²) in [7, 11) is 0. The maximum Gasteiger partial charge on any atom is 0.423 e. The zero-order chi connectivity index (χ0) is 29.2. The highest BCUT2D eigenvalue weighted by molar-refractivity contribution is 5.97. The number of hydrogen-bond acceptors (Lipinski definition) is 9. The quantitative estimate of drug-likeness (QED) is 0.411. The minimum absolute atomic E-state index is 0.0199. The number of nitrogens with one attached hydrogen (secondary N) is 2. The number of pyridine rings is 1. The molecule has 1 unspecified atom stereocenters. The molecule has 3 aromatic rings. The van der Waals surface area contributed by atoms with E-state index in [-0.39, 0.29) is 38.0 Å². The number of halogens is 6. The number of aromatic amines is 1. The first-order valence-corrected chi connectivity index (χ1v) is 11.7. The van der Waals surface area contributed by atoms with Crippen LogP contribution >= 0.6 is 0 Å². The minimum Gasteiger partial charge on any atom is -0.491 e. The maximum atomic E-state index is 13.3. The fourth-order valence-electron chi connectivity index (χ4n) is 3.95. The first-order chi connectivity index (χ1) is 18.8. The molecule has 0 saturated carbocycles. The zero-order valence-electron chi connectivity index (χ0n) is 21.0. The van der Waals surface area contributed by atoms with E-state index in [4.69, 9.17) is 4.74 Å². The molecule has 0 aliphatic carbocycles. The van der Waals surface area contributed by atoms with Crippen molar-refractivity contribution in [2.75, 3.05) is 41.4 Å². The van der Waals surface area contributed by atoms with Crippen molar-refractivity contribution in [2.45, 2.75) is 32.2 Å². The van der Waals surface area contributed by atoms with Crippen LogP contribution < -0.4 is 25.4 Å². The molecule has 1 amide bonds. The Bertz CT molecular complexity index is 1430. The van der Waals surface area contributed by atoms with Gasteiger partial charge in [0.05, 0.1) is 23.5 Å². The van der Waals surface area contributed by atoms with Gasteiger partial charge in [-0.3, -0.25) is 14.5 Å². The van der Waals surface area contributed by atoms with Gasteiger partial charge in [-0.2, -0.15) is 31.4 Å². The van der Waals surface area contributed by atoms with Gasteiger partial charge in [0.1, 0.15) is 30.3 Å². The monoisotopic (exact) mass is 572 g/mol. The molecule has 4 rings (SSSR count). The van der Waals surface area contributed by atoms with Crippen molar-refractivity contribution >= 4 is 23.4 Å². The third-order valence-electron chi connectivity index (χ3n) is 5.88. The average Bonchev–Trinajstić information content (AvgIpc) is 2.87. The molecule has 1 aliphatic heterocycles. The molecule has 11 nitrogen and oxygen atoms in total. The third-order valence-corrected chi connectivity index (χ3v) is 5.88. The molecule has 0 bridgehead atoms. The second-order valence-corrected chi connectivity index (χ2v) is 8.84. The standard InChI is InChI=1S/C23H22F6N8O3/c1-12(34-15-9-33-35-20(39)18(15)23(27,28)29)11-40-16-3-4-30-19(13(16)2)37-6-5-36(10-17(37)38)21-31-7-14(8-32-21)22(24,25)26/h3-4,7-9,12H,5-6,10-11H2,1-2H3,(H2,34,35,39). The molecule has 17 heteroatoms. The van der Waals surface area contributed by atoms with Crippen LogP contribution in [0.4, 0.5) is 43.8 Å². The molecule has 1 aliphatic rings. The second-order valence-electron chi connectivity index (χ2n) is 8.84. The number of rotatable bonds is 7. The summed E-state index contributed by atoms with van der Waals surface area (Å²) in [6, 6.07) is 0.841. The molecular weight excluding hydrogens is 550 g/mol. The number of nitrogens with zero attached hydrogens (tertiary/aromatic N) is 6. The van der Waals surface area contributed by atoms with E-state index < -0.39 is 46.7 Å². The number of anilines is 3. The lowest BCUT2D eigenvalue weighted by Gasteiger charge is -2.34. The fraction of sp³-hybridized carbons (Fsp3) is 0.391. The van der Waals surface area contributed by atoms with E-state index in [1.165, 1.54) is 22.1 Å². The SMILES string of the molecule is Cc1c(OCC(C)Nc2cn[nH]c(=O)c2C(F)(F)F)ccnc1N1CCN(c2ncc(C(F)(F)F)cn2)CC1=O. The van der Waals surface area contributed by atoms with Crippen LogP contribution in [-0.4, -0.2) is 63.3 Å². The summed E-state index contributed by atoms with van der Waals surface area (Å²) in [4.78, 5) is 39.1. The van der Waals surface area contributed by atoms with E-state index in [9.17, 15) is 35.9 Å². The molecule has 0 aromatic carbocycles. The van der Waals surface area contributed by atoms with Crippen molar-refractivity contribution in [3.05, 3.63) is 57.9 Å². The predicted molar refractivity (Wildman–Crippen MR) is 129 cm³/mol. The molecule has 2 N–H and O–H groups in total. The van der Waals surface area contributed by atoms with E-state index in [0.29, 0.717) is 23.7 Å². The van der Waals surface area contributed by atoms with Crippen LogP contribution in [0.1, 0.15) is 23.6 Å². The van der Waals surface area contributed by atoms with Gasteiger partial charge in [0.2, 0.25) is 11.9 Å². The number of alkyl halides is 6. The summed E-state index contributed by atoms with van der Waals surface area (Å²) in [6.45, 7) is 3.23. The first kappa shape index (κ1) is 28.6. The number of aromatic nitrogens is 5. The van der Waals surface area contributed by atoms with Crippen LogP contribution in [0.3, 0.4) is 0 Å². The Morgan fingerprint density at radius 2 is 1.75 bits per heavy atom. The predicted octanol–water partition coefficient (Wildman–Crippen LogP) is 3.03. The van der Waals surface area contributed by atoms with Crippen LogP contribution in [0.5, 0.6) is 5.75 Å². The van der Waals surface area contributed by atoms with E-state index in [0.717, 1.165) is 6.20 Å². The molecule has 1 fully saturated rings. The molecule has 3 aromatic heterocycles. The lowest BCUT2D eigenvalue weighted by atomic mass is 10.2. The highest BCUT2D eigenvalue weighted by atomic mass is 19.4. The molecule has 4 heterocycles. The first-order valence-electron chi connectivity index (χ1n) is 11.7. The normalized spacial score (nSPS) is 15.2. The molecular formula is C23H22F6N8O3. The summed E-state index contributed by atoms with van der Waals surface area (Å²) < 4.78 is 83.9. The topological polar surface area (TPSA) is 129 Å². The van der Waals surface area contributed by atoms with Gasteiger partial charge in [0.25, 0.3) is 5.56 Å². The molecule has 0 spiro atoms. The van der Waals surface area contributed by atoms with Crippen molar-refractivity contribution in [3.63, 3.8) is 0 Å². The number of amides is 1. The highest BCUT2D eigenvalue weighted by Gasteiger charge is 2.38. The molecule has 214 valence electrons. The van der Waals surface area contributed by atoms with Crippen molar-refractivity contribution in [1.82, 2.24) is 25.1 Å². The molecule has 0 radical (unpaired) electrons. The fourth-order valence-corrected chi connectivity index (χ4v) is 3.95. The molecule has 1 saturated heterocycles. The summed E-state index contributed by atoms with van der Waals surface area (Å²) >= 11 is 0. The van der Waals surface area contributed by atoms with Gasteiger partial charge in [0.15, 0.2) is 0 Å². The number of carbonyl (C=O) groups excluding carboxylic acids is 1. The smallest absolute Gasteiger partial charge is 0.423 e. The van der Waals surface area contributed by atoms with Gasteiger partial charge >= 0.3 is 12.4 Å². The Labute approximate surface area is 222 Å². The summed E-state index contributed by atoms with van der Waals surface area (Å²) in [5, 5.41) is 7.75. The second kappa shape index (κ2) is 11.0. The largest absolute Gasteiger partial charge is 0.491 e. The number of piperazine rings is 1. The lowest BCUT2D eigenvalue weighted by molar-refractivity contribution is -0.139. The van der Waals surface area contributed by atoms with Crippen molar-refractivity contribution < 1.29 is 35.9 Å². The van der Waals surface area contributed by atoms with Crippen LogP contribution in [0.25, 0.3) is 0 Å².